The van der Waals surface area contributed by atoms with Crippen LogP contribution in [0.15, 0.2) is 42.5 Å². The number of phenols is 1. The van der Waals surface area contributed by atoms with E-state index in [1.165, 1.54) is 12.1 Å². The largest absolute Gasteiger partial charge is 0.508 e. The predicted molar refractivity (Wildman–Crippen MR) is 65.2 cm³/mol. The Balaban J connectivity index is 2.75. The number of rotatable bonds is 2. The van der Waals surface area contributed by atoms with Crippen molar-refractivity contribution in [3.8, 4) is 16.9 Å². The van der Waals surface area contributed by atoms with Gasteiger partial charge in [-0.3, -0.25) is 10.1 Å². The Kier molecular flexibility index (Phi) is 3.35. The van der Waals surface area contributed by atoms with Crippen LogP contribution in [0.1, 0.15) is 5.56 Å². The molecule has 2 rings (SSSR count). The van der Waals surface area contributed by atoms with E-state index < -0.39 is 22.4 Å². The number of nitro benzene ring substituents is 1. The fourth-order valence-corrected chi connectivity index (χ4v) is 1.86. The van der Waals surface area contributed by atoms with Gasteiger partial charge in [0, 0.05) is 11.6 Å². The van der Waals surface area contributed by atoms with Gasteiger partial charge in [0.15, 0.2) is 0 Å². The van der Waals surface area contributed by atoms with Crippen molar-refractivity contribution in [3.63, 3.8) is 0 Å². The van der Waals surface area contributed by atoms with Crippen LogP contribution in [0, 0.1) is 10.1 Å². The summed E-state index contributed by atoms with van der Waals surface area (Å²) in [7, 11) is 0. The maximum Gasteiger partial charge on any atom is 0.417 e. The number of halogens is 3. The lowest BCUT2D eigenvalue weighted by atomic mass is 9.97. The average Bonchev–Trinajstić information content (AvgIpc) is 2.37. The molecule has 104 valence electrons. The van der Waals surface area contributed by atoms with Gasteiger partial charge in [0.05, 0.1) is 16.1 Å². The van der Waals surface area contributed by atoms with E-state index in [4.69, 9.17) is 0 Å². The molecule has 0 fully saturated rings. The molecule has 1 N–H and O–H groups in total. The van der Waals surface area contributed by atoms with Crippen LogP contribution in [-0.4, -0.2) is 10.0 Å². The van der Waals surface area contributed by atoms with Crippen molar-refractivity contribution in [2.75, 3.05) is 0 Å². The minimum absolute atomic E-state index is 0.275. The summed E-state index contributed by atoms with van der Waals surface area (Å²) in [5.41, 5.74) is -2.11. The first-order valence-corrected chi connectivity index (χ1v) is 5.44. The highest BCUT2D eigenvalue weighted by atomic mass is 19.4. The van der Waals surface area contributed by atoms with Crippen molar-refractivity contribution >= 4 is 5.69 Å². The Hall–Kier alpha value is -2.57. The second kappa shape index (κ2) is 4.84. The van der Waals surface area contributed by atoms with Gasteiger partial charge in [0.2, 0.25) is 0 Å². The lowest BCUT2D eigenvalue weighted by Gasteiger charge is -2.13. The lowest BCUT2D eigenvalue weighted by Crippen LogP contribution is -2.07. The van der Waals surface area contributed by atoms with Gasteiger partial charge >= 0.3 is 6.18 Å². The van der Waals surface area contributed by atoms with Crippen LogP contribution in [0.4, 0.5) is 18.9 Å². The molecule has 0 aromatic heterocycles. The molecule has 0 aliphatic heterocycles. The molecular weight excluding hydrogens is 275 g/mol. The van der Waals surface area contributed by atoms with Crippen molar-refractivity contribution in [1.29, 1.82) is 0 Å². The maximum absolute atomic E-state index is 12.9. The third-order valence-corrected chi connectivity index (χ3v) is 2.70. The van der Waals surface area contributed by atoms with Gasteiger partial charge in [-0.15, -0.1) is 0 Å². The molecule has 0 spiro atoms. The molecule has 0 bridgehead atoms. The fourth-order valence-electron chi connectivity index (χ4n) is 1.86. The number of phenolic OH excluding ortho intramolecular Hbond substituents is 1. The third kappa shape index (κ3) is 2.56. The highest BCUT2D eigenvalue weighted by Gasteiger charge is 2.34. The first kappa shape index (κ1) is 13.9. The van der Waals surface area contributed by atoms with Gasteiger partial charge in [0.25, 0.3) is 5.69 Å². The van der Waals surface area contributed by atoms with Crippen LogP contribution in [0.5, 0.6) is 5.75 Å². The van der Waals surface area contributed by atoms with Crippen LogP contribution < -0.4 is 0 Å². The first-order valence-electron chi connectivity index (χ1n) is 5.44. The molecule has 2 aromatic carbocycles. The van der Waals surface area contributed by atoms with Crippen LogP contribution in [0.3, 0.4) is 0 Å². The maximum atomic E-state index is 12.9. The molecule has 0 saturated carbocycles. The van der Waals surface area contributed by atoms with Crippen molar-refractivity contribution in [1.82, 2.24) is 0 Å². The van der Waals surface area contributed by atoms with E-state index >= 15 is 0 Å². The van der Waals surface area contributed by atoms with E-state index in [1.807, 2.05) is 0 Å². The Bertz CT molecular complexity index is 668. The molecule has 0 saturated heterocycles. The molecular formula is C13H8F3NO3. The summed E-state index contributed by atoms with van der Waals surface area (Å²) in [5.74, 6) is -0.345. The number of aromatic hydroxyl groups is 1. The van der Waals surface area contributed by atoms with Gasteiger partial charge in [-0.25, -0.2) is 0 Å². The van der Waals surface area contributed by atoms with Crippen molar-refractivity contribution in [2.24, 2.45) is 0 Å². The summed E-state index contributed by atoms with van der Waals surface area (Å²) in [6.45, 7) is 0. The van der Waals surface area contributed by atoms with Gasteiger partial charge in [0.1, 0.15) is 5.75 Å². The van der Waals surface area contributed by atoms with Crippen LogP contribution >= 0.6 is 0 Å². The normalized spacial score (nSPS) is 11.3. The summed E-state index contributed by atoms with van der Waals surface area (Å²) < 4.78 is 38.8. The van der Waals surface area contributed by atoms with Crippen LogP contribution in [0.2, 0.25) is 0 Å². The molecule has 0 aliphatic carbocycles. The predicted octanol–water partition coefficient (Wildman–Crippen LogP) is 3.99. The highest BCUT2D eigenvalue weighted by Crippen LogP contribution is 2.41. The summed E-state index contributed by atoms with van der Waals surface area (Å²) >= 11 is 0. The lowest BCUT2D eigenvalue weighted by molar-refractivity contribution is -0.384. The first-order chi connectivity index (χ1) is 9.30. The minimum atomic E-state index is -4.64. The molecule has 0 radical (unpaired) electrons. The SMILES string of the molecule is O=[N+]([O-])c1ccc(O)cc1-c1ccccc1C(F)(F)F. The molecule has 0 atom stereocenters. The number of nitro groups is 1. The van der Waals surface area contributed by atoms with Gasteiger partial charge in [-0.2, -0.15) is 13.2 Å². The number of hydrogen-bond acceptors (Lipinski definition) is 3. The molecule has 0 aliphatic rings. The number of benzene rings is 2. The van der Waals surface area contributed by atoms with Crippen LogP contribution in [0.25, 0.3) is 11.1 Å². The minimum Gasteiger partial charge on any atom is -0.508 e. The Morgan fingerprint density at radius 3 is 2.30 bits per heavy atom. The van der Waals surface area contributed by atoms with Crippen molar-refractivity contribution < 1.29 is 23.2 Å². The summed E-state index contributed by atoms with van der Waals surface area (Å²) in [4.78, 5) is 10.1. The summed E-state index contributed by atoms with van der Waals surface area (Å²) in [6.07, 6.45) is -4.64. The van der Waals surface area contributed by atoms with Crippen molar-refractivity contribution in [3.05, 3.63) is 58.1 Å². The number of nitrogens with zero attached hydrogens (tertiary/aromatic N) is 1. The van der Waals surface area contributed by atoms with Gasteiger partial charge in [-0.05, 0) is 18.2 Å². The Labute approximate surface area is 111 Å². The van der Waals surface area contributed by atoms with E-state index in [9.17, 15) is 28.4 Å². The highest BCUT2D eigenvalue weighted by molar-refractivity contribution is 5.77. The molecule has 4 nitrogen and oxygen atoms in total. The topological polar surface area (TPSA) is 63.4 Å². The molecule has 20 heavy (non-hydrogen) atoms. The van der Waals surface area contributed by atoms with E-state index in [1.54, 1.807) is 0 Å². The van der Waals surface area contributed by atoms with Gasteiger partial charge < -0.3 is 5.11 Å². The molecule has 0 amide bonds. The quantitative estimate of drug-likeness (QED) is 0.669. The molecule has 0 heterocycles. The van der Waals surface area contributed by atoms with E-state index in [0.29, 0.717) is 0 Å². The third-order valence-electron chi connectivity index (χ3n) is 2.70. The molecule has 2 aromatic rings. The standard InChI is InChI=1S/C13H8F3NO3/c14-13(15,16)11-4-2-1-3-9(11)10-7-8(18)5-6-12(10)17(19)20/h1-7,18H. The zero-order valence-corrected chi connectivity index (χ0v) is 9.89. The smallest absolute Gasteiger partial charge is 0.417 e. The summed E-state index contributed by atoms with van der Waals surface area (Å²) in [6, 6.07) is 7.48. The number of hydrogen-bond donors (Lipinski definition) is 1. The second-order valence-corrected chi connectivity index (χ2v) is 4.00. The number of alkyl halides is 3. The van der Waals surface area contributed by atoms with Crippen molar-refractivity contribution in [2.45, 2.75) is 6.18 Å². The average molecular weight is 283 g/mol. The summed E-state index contributed by atoms with van der Waals surface area (Å²) in [5, 5.41) is 20.3. The molecule has 0 unspecified atom stereocenters. The fraction of sp³-hybridized carbons (Fsp3) is 0.0769. The zero-order chi connectivity index (χ0) is 14.9. The van der Waals surface area contributed by atoms with Gasteiger partial charge in [-0.1, -0.05) is 18.2 Å². The van der Waals surface area contributed by atoms with E-state index in [2.05, 4.69) is 0 Å². The zero-order valence-electron chi connectivity index (χ0n) is 9.89. The van der Waals surface area contributed by atoms with E-state index in [0.717, 1.165) is 30.3 Å². The second-order valence-electron chi connectivity index (χ2n) is 4.00. The Morgan fingerprint density at radius 1 is 1.05 bits per heavy atom. The van der Waals surface area contributed by atoms with E-state index in [-0.39, 0.29) is 16.9 Å². The Morgan fingerprint density at radius 2 is 1.70 bits per heavy atom. The monoisotopic (exact) mass is 283 g/mol. The van der Waals surface area contributed by atoms with Crippen LogP contribution in [-0.2, 0) is 6.18 Å². The molecule has 7 heteroatoms.